The number of imide groups is 1. The molecule has 1 fully saturated rings. The van der Waals surface area contributed by atoms with Crippen LogP contribution in [0.3, 0.4) is 0 Å². The van der Waals surface area contributed by atoms with Crippen LogP contribution >= 0.6 is 23.2 Å². The third-order valence-electron chi connectivity index (χ3n) is 5.30. The van der Waals surface area contributed by atoms with Gasteiger partial charge in [-0.3, -0.25) is 14.5 Å². The molecule has 0 spiro atoms. The number of carbonyl (C=O) groups is 3. The second-order valence-corrected chi connectivity index (χ2v) is 8.39. The summed E-state index contributed by atoms with van der Waals surface area (Å²) in [5.74, 6) is -0.499. The van der Waals surface area contributed by atoms with Crippen molar-refractivity contribution < 1.29 is 18.8 Å². The summed E-state index contributed by atoms with van der Waals surface area (Å²) < 4.78 is 5.76. The van der Waals surface area contributed by atoms with Gasteiger partial charge in [0.15, 0.2) is 0 Å². The molecule has 1 aromatic heterocycles. The Balaban J connectivity index is 1.47. The number of hydrogen-bond acceptors (Lipinski definition) is 4. The maximum atomic E-state index is 13.0. The number of rotatable bonds is 5. The summed E-state index contributed by atoms with van der Waals surface area (Å²) in [6.07, 6.45) is 0. The third-order valence-corrected chi connectivity index (χ3v) is 5.84. The number of carbonyl (C=O) groups excluding carboxylic acids is 3. The van der Waals surface area contributed by atoms with Gasteiger partial charge < -0.3 is 15.1 Å². The first-order valence-electron chi connectivity index (χ1n) is 9.56. The molecule has 7 nitrogen and oxygen atoms in total. The molecule has 0 bridgehead atoms. The van der Waals surface area contributed by atoms with E-state index in [4.69, 9.17) is 27.6 Å². The van der Waals surface area contributed by atoms with Gasteiger partial charge in [-0.15, -0.1) is 0 Å². The average molecular weight is 460 g/mol. The van der Waals surface area contributed by atoms with Crippen molar-refractivity contribution in [2.24, 2.45) is 0 Å². The molecule has 2 aromatic carbocycles. The van der Waals surface area contributed by atoms with Crippen molar-refractivity contribution in [3.05, 3.63) is 69.9 Å². The summed E-state index contributed by atoms with van der Waals surface area (Å²) in [6, 6.07) is 12.9. The quantitative estimate of drug-likeness (QED) is 0.553. The van der Waals surface area contributed by atoms with Gasteiger partial charge in [0.25, 0.3) is 5.91 Å². The predicted molar refractivity (Wildman–Crippen MR) is 117 cm³/mol. The molecule has 0 radical (unpaired) electrons. The number of para-hydroxylation sites is 1. The van der Waals surface area contributed by atoms with Crippen LogP contribution in [0.2, 0.25) is 10.0 Å². The molecule has 3 aromatic rings. The minimum absolute atomic E-state index is 0.244. The molecule has 0 aliphatic carbocycles. The van der Waals surface area contributed by atoms with E-state index in [0.717, 1.165) is 10.3 Å². The van der Waals surface area contributed by atoms with Crippen LogP contribution in [0.4, 0.5) is 4.79 Å². The Morgan fingerprint density at radius 1 is 1.19 bits per heavy atom. The summed E-state index contributed by atoms with van der Waals surface area (Å²) in [5, 5.41) is 6.96. The molecule has 9 heteroatoms. The molecular formula is C22H19Cl2N3O4. The molecule has 0 saturated carbocycles. The van der Waals surface area contributed by atoms with Crippen molar-refractivity contribution in [2.75, 3.05) is 6.54 Å². The number of nitrogens with zero attached hydrogens (tertiary/aromatic N) is 1. The molecule has 4 amide bonds. The lowest BCUT2D eigenvalue weighted by Crippen LogP contribution is -2.43. The van der Waals surface area contributed by atoms with Gasteiger partial charge in [0.2, 0.25) is 5.91 Å². The molecule has 1 saturated heterocycles. The Hall–Kier alpha value is -3.03. The maximum Gasteiger partial charge on any atom is 0.325 e. The molecule has 1 aliphatic heterocycles. The second kappa shape index (κ2) is 7.90. The van der Waals surface area contributed by atoms with Crippen LogP contribution in [-0.2, 0) is 15.1 Å². The average Bonchev–Trinajstić information content (AvgIpc) is 3.23. The van der Waals surface area contributed by atoms with E-state index in [9.17, 15) is 14.4 Å². The van der Waals surface area contributed by atoms with Crippen molar-refractivity contribution in [1.82, 2.24) is 15.5 Å². The van der Waals surface area contributed by atoms with Gasteiger partial charge >= 0.3 is 6.03 Å². The van der Waals surface area contributed by atoms with Crippen LogP contribution in [0.5, 0.6) is 0 Å². The van der Waals surface area contributed by atoms with Gasteiger partial charge in [0, 0.05) is 21.0 Å². The molecule has 31 heavy (non-hydrogen) atoms. The lowest BCUT2D eigenvalue weighted by molar-refractivity contribution is -0.135. The number of urea groups is 1. The fourth-order valence-corrected chi connectivity index (χ4v) is 4.23. The van der Waals surface area contributed by atoms with Crippen molar-refractivity contribution in [3.8, 4) is 0 Å². The highest BCUT2D eigenvalue weighted by molar-refractivity contribution is 6.35. The molecule has 2 N–H and O–H groups in total. The fourth-order valence-electron chi connectivity index (χ4n) is 3.64. The predicted octanol–water partition coefficient (Wildman–Crippen LogP) is 4.38. The van der Waals surface area contributed by atoms with Crippen molar-refractivity contribution >= 4 is 52.0 Å². The summed E-state index contributed by atoms with van der Waals surface area (Å²) in [6.45, 7) is 2.87. The number of halogens is 2. The summed E-state index contributed by atoms with van der Waals surface area (Å²) in [4.78, 5) is 39.0. The van der Waals surface area contributed by atoms with Crippen LogP contribution in [-0.4, -0.2) is 29.3 Å². The largest absolute Gasteiger partial charge is 0.459 e. The van der Waals surface area contributed by atoms with E-state index in [1.165, 1.54) is 13.0 Å². The zero-order valence-corrected chi connectivity index (χ0v) is 18.3. The van der Waals surface area contributed by atoms with E-state index in [1.54, 1.807) is 19.1 Å². The summed E-state index contributed by atoms with van der Waals surface area (Å²) in [5.41, 5.74) is -0.289. The number of nitrogens with one attached hydrogen (secondary N) is 2. The zero-order valence-electron chi connectivity index (χ0n) is 16.7. The smallest absolute Gasteiger partial charge is 0.325 e. The van der Waals surface area contributed by atoms with Crippen LogP contribution in [0.1, 0.15) is 31.2 Å². The molecule has 4 rings (SSSR count). The SMILES string of the molecule is CC(NC(=O)CN1C(=O)NC(C)(c2ccc(Cl)cc2Cl)C1=O)c1cc2ccccc2o1. The third kappa shape index (κ3) is 3.86. The van der Waals surface area contributed by atoms with Gasteiger partial charge in [-0.2, -0.15) is 0 Å². The van der Waals surface area contributed by atoms with E-state index in [2.05, 4.69) is 10.6 Å². The highest BCUT2D eigenvalue weighted by Crippen LogP contribution is 2.35. The van der Waals surface area contributed by atoms with Crippen LogP contribution in [0.25, 0.3) is 11.0 Å². The van der Waals surface area contributed by atoms with Gasteiger partial charge in [-0.1, -0.05) is 47.5 Å². The molecule has 2 atom stereocenters. The van der Waals surface area contributed by atoms with Crippen LogP contribution in [0.15, 0.2) is 52.9 Å². The second-order valence-electron chi connectivity index (χ2n) is 7.55. The molecule has 160 valence electrons. The Labute approximate surface area is 188 Å². The highest BCUT2D eigenvalue weighted by Gasteiger charge is 2.50. The molecule has 1 aliphatic rings. The molecule has 2 unspecified atom stereocenters. The standard InChI is InChI=1S/C22H19Cl2N3O4/c1-12(18-9-13-5-3-4-6-17(13)31-18)25-19(28)11-27-20(29)22(2,26-21(27)30)15-8-7-14(23)10-16(15)24/h3-10,12H,11H2,1-2H3,(H,25,28)(H,26,30). The van der Waals surface area contributed by atoms with Crippen LogP contribution in [0, 0.1) is 0 Å². The number of fused-ring (bicyclic) bond motifs is 1. The Bertz CT molecular complexity index is 1180. The molecule has 2 heterocycles. The Morgan fingerprint density at radius 3 is 2.65 bits per heavy atom. The van der Waals surface area contributed by atoms with Gasteiger partial charge in [-0.25, -0.2) is 4.79 Å². The van der Waals surface area contributed by atoms with E-state index < -0.39 is 36.0 Å². The number of hydrogen-bond donors (Lipinski definition) is 2. The summed E-state index contributed by atoms with van der Waals surface area (Å²) in [7, 11) is 0. The highest BCUT2D eigenvalue weighted by atomic mass is 35.5. The van der Waals surface area contributed by atoms with E-state index in [0.29, 0.717) is 21.9 Å². The van der Waals surface area contributed by atoms with E-state index >= 15 is 0 Å². The minimum Gasteiger partial charge on any atom is -0.459 e. The van der Waals surface area contributed by atoms with Crippen molar-refractivity contribution in [1.29, 1.82) is 0 Å². The lowest BCUT2D eigenvalue weighted by Gasteiger charge is -2.23. The topological polar surface area (TPSA) is 91.7 Å². The van der Waals surface area contributed by atoms with E-state index in [1.807, 2.05) is 30.3 Å². The normalized spacial score (nSPS) is 19.5. The number of amides is 4. The number of benzene rings is 2. The van der Waals surface area contributed by atoms with Gasteiger partial charge in [-0.05, 0) is 38.1 Å². The molecular weight excluding hydrogens is 441 g/mol. The monoisotopic (exact) mass is 459 g/mol. The van der Waals surface area contributed by atoms with Gasteiger partial charge in [0.05, 0.1) is 6.04 Å². The van der Waals surface area contributed by atoms with Gasteiger partial charge in [0.1, 0.15) is 23.4 Å². The minimum atomic E-state index is -1.40. The van der Waals surface area contributed by atoms with Crippen molar-refractivity contribution in [2.45, 2.75) is 25.4 Å². The first kappa shape index (κ1) is 21.2. The first-order chi connectivity index (χ1) is 14.7. The fraction of sp³-hybridized carbons (Fsp3) is 0.227. The maximum absolute atomic E-state index is 13.0. The number of furan rings is 1. The Kier molecular flexibility index (Phi) is 5.41. The zero-order chi connectivity index (χ0) is 22.3. The van der Waals surface area contributed by atoms with E-state index in [-0.39, 0.29) is 5.02 Å². The lowest BCUT2D eigenvalue weighted by atomic mass is 9.92. The Morgan fingerprint density at radius 2 is 1.94 bits per heavy atom. The van der Waals surface area contributed by atoms with Crippen molar-refractivity contribution in [3.63, 3.8) is 0 Å². The summed E-state index contributed by atoms with van der Waals surface area (Å²) >= 11 is 12.2. The first-order valence-corrected chi connectivity index (χ1v) is 10.3. The van der Waals surface area contributed by atoms with Crippen LogP contribution < -0.4 is 10.6 Å².